The van der Waals surface area contributed by atoms with Crippen LogP contribution >= 0.6 is 7.14 Å². The van der Waals surface area contributed by atoms with Crippen molar-refractivity contribution in [2.45, 2.75) is 48.5 Å². The maximum atomic E-state index is 14.5. The highest BCUT2D eigenvalue weighted by Gasteiger charge is 2.44. The number of carbonyl (C=O) groups is 2. The van der Waals surface area contributed by atoms with Gasteiger partial charge < -0.3 is 4.57 Å². The minimum atomic E-state index is -4.12. The SMILES string of the molecule is Cc1ccc(P(=O)(C(=O)c2ccc(C)c(C)c2C)C(=O)c2ccc(C)c(C)c2C)cc1. The van der Waals surface area contributed by atoms with E-state index in [1.54, 1.807) is 36.4 Å². The van der Waals surface area contributed by atoms with E-state index in [1.165, 1.54) is 0 Å². The van der Waals surface area contributed by atoms with Gasteiger partial charge in [-0.25, -0.2) is 0 Å². The molecule has 0 fully saturated rings. The van der Waals surface area contributed by atoms with Crippen molar-refractivity contribution in [3.05, 3.63) is 98.6 Å². The molecule has 31 heavy (non-hydrogen) atoms. The van der Waals surface area contributed by atoms with Crippen molar-refractivity contribution in [3.8, 4) is 0 Å². The maximum Gasteiger partial charge on any atom is 0.248 e. The summed E-state index contributed by atoms with van der Waals surface area (Å²) in [7, 11) is -4.12. The molecule has 0 N–H and O–H groups in total. The molecule has 0 aliphatic rings. The first-order valence-electron chi connectivity index (χ1n) is 10.4. The molecule has 160 valence electrons. The van der Waals surface area contributed by atoms with E-state index in [9.17, 15) is 14.2 Å². The summed E-state index contributed by atoms with van der Waals surface area (Å²) < 4.78 is 14.5. The lowest BCUT2D eigenvalue weighted by molar-refractivity contribution is 0.104. The Bertz CT molecular complexity index is 1180. The fourth-order valence-corrected chi connectivity index (χ4v) is 6.18. The van der Waals surface area contributed by atoms with Crippen molar-refractivity contribution in [3.63, 3.8) is 0 Å². The highest BCUT2D eigenvalue weighted by Crippen LogP contribution is 2.52. The van der Waals surface area contributed by atoms with E-state index >= 15 is 0 Å². The van der Waals surface area contributed by atoms with E-state index in [0.29, 0.717) is 11.1 Å². The van der Waals surface area contributed by atoms with Gasteiger partial charge in [0.2, 0.25) is 18.2 Å². The molecule has 3 aromatic carbocycles. The summed E-state index contributed by atoms with van der Waals surface area (Å²) in [6.45, 7) is 13.4. The summed E-state index contributed by atoms with van der Waals surface area (Å²) >= 11 is 0. The van der Waals surface area contributed by atoms with E-state index in [1.807, 2.05) is 60.6 Å². The fraction of sp³-hybridized carbons (Fsp3) is 0.259. The van der Waals surface area contributed by atoms with Gasteiger partial charge in [0.05, 0.1) is 0 Å². The Balaban J connectivity index is 2.29. The van der Waals surface area contributed by atoms with Crippen molar-refractivity contribution in [1.82, 2.24) is 0 Å². The van der Waals surface area contributed by atoms with Crippen molar-refractivity contribution < 1.29 is 14.2 Å². The van der Waals surface area contributed by atoms with Gasteiger partial charge in [-0.15, -0.1) is 0 Å². The second kappa shape index (κ2) is 8.40. The van der Waals surface area contributed by atoms with Crippen LogP contribution in [-0.2, 0) is 4.57 Å². The molecule has 0 aromatic heterocycles. The molecule has 0 unspecified atom stereocenters. The summed E-state index contributed by atoms with van der Waals surface area (Å²) in [6, 6.07) is 14.0. The molecule has 3 nitrogen and oxygen atoms in total. The molecule has 0 heterocycles. The number of aryl methyl sites for hydroxylation is 3. The second-order valence-electron chi connectivity index (χ2n) is 8.42. The minimum Gasteiger partial charge on any atom is -0.302 e. The van der Waals surface area contributed by atoms with Crippen LogP contribution in [0, 0.1) is 48.5 Å². The summed E-state index contributed by atoms with van der Waals surface area (Å²) in [5.41, 5.74) is 6.05. The normalized spacial score (nSPS) is 11.5. The smallest absolute Gasteiger partial charge is 0.248 e. The maximum absolute atomic E-state index is 14.5. The van der Waals surface area contributed by atoms with Crippen LogP contribution in [0.3, 0.4) is 0 Å². The molecule has 0 atom stereocenters. The highest BCUT2D eigenvalue weighted by atomic mass is 31.2. The second-order valence-corrected chi connectivity index (χ2v) is 11.0. The van der Waals surface area contributed by atoms with Gasteiger partial charge in [0.1, 0.15) is 0 Å². The lowest BCUT2D eigenvalue weighted by Crippen LogP contribution is -2.22. The Morgan fingerprint density at radius 1 is 0.548 bits per heavy atom. The molecule has 3 rings (SSSR count). The lowest BCUT2D eigenvalue weighted by atomic mass is 9.99. The van der Waals surface area contributed by atoms with Crippen LogP contribution < -0.4 is 5.30 Å². The van der Waals surface area contributed by atoms with E-state index in [2.05, 4.69) is 0 Å². The van der Waals surface area contributed by atoms with Crippen LogP contribution in [0.15, 0.2) is 48.5 Å². The van der Waals surface area contributed by atoms with Crippen LogP contribution in [0.5, 0.6) is 0 Å². The summed E-state index contributed by atoms with van der Waals surface area (Å²) in [6.07, 6.45) is 0. The van der Waals surface area contributed by atoms with Gasteiger partial charge in [-0.2, -0.15) is 0 Å². The summed E-state index contributed by atoms with van der Waals surface area (Å²) in [5, 5.41) is 0.281. The minimum absolute atomic E-state index is 0.281. The number of hydrogen-bond acceptors (Lipinski definition) is 3. The van der Waals surface area contributed by atoms with Gasteiger partial charge in [-0.05, 0) is 81.8 Å². The number of rotatable bonds is 5. The Kier molecular flexibility index (Phi) is 6.21. The molecule has 0 radical (unpaired) electrons. The third kappa shape index (κ3) is 3.83. The van der Waals surface area contributed by atoms with E-state index in [4.69, 9.17) is 0 Å². The van der Waals surface area contributed by atoms with Crippen molar-refractivity contribution in [2.24, 2.45) is 0 Å². The first-order valence-corrected chi connectivity index (χ1v) is 12.1. The molecule has 4 heteroatoms. The predicted molar refractivity (Wildman–Crippen MR) is 128 cm³/mol. The van der Waals surface area contributed by atoms with Crippen molar-refractivity contribution >= 4 is 23.5 Å². The molecular formula is C27H29O3P. The molecule has 0 spiro atoms. The predicted octanol–water partition coefficient (Wildman–Crippen LogP) is 6.51. The molecule has 0 saturated heterocycles. The van der Waals surface area contributed by atoms with Crippen LogP contribution in [0.25, 0.3) is 0 Å². The Morgan fingerprint density at radius 2 is 0.935 bits per heavy atom. The van der Waals surface area contributed by atoms with Gasteiger partial charge in [0.15, 0.2) is 0 Å². The molecule has 0 aliphatic heterocycles. The van der Waals surface area contributed by atoms with Gasteiger partial charge in [-0.3, -0.25) is 9.59 Å². The first-order chi connectivity index (χ1) is 14.5. The van der Waals surface area contributed by atoms with Gasteiger partial charge in [0, 0.05) is 16.4 Å². The Hall–Kier alpha value is -2.77. The Morgan fingerprint density at radius 3 is 1.32 bits per heavy atom. The molecular weight excluding hydrogens is 403 g/mol. The molecule has 3 aromatic rings. The number of hydrogen-bond donors (Lipinski definition) is 0. The van der Waals surface area contributed by atoms with Gasteiger partial charge in [-0.1, -0.05) is 54.1 Å². The molecule has 0 saturated carbocycles. The van der Waals surface area contributed by atoms with Gasteiger partial charge >= 0.3 is 0 Å². The van der Waals surface area contributed by atoms with Gasteiger partial charge in [0.25, 0.3) is 0 Å². The van der Waals surface area contributed by atoms with Crippen LogP contribution in [-0.4, -0.2) is 11.0 Å². The monoisotopic (exact) mass is 432 g/mol. The van der Waals surface area contributed by atoms with Crippen LogP contribution in [0.4, 0.5) is 0 Å². The van der Waals surface area contributed by atoms with E-state index in [0.717, 1.165) is 38.9 Å². The van der Waals surface area contributed by atoms with Crippen LogP contribution in [0.2, 0.25) is 0 Å². The fourth-order valence-electron chi connectivity index (χ4n) is 3.80. The first kappa shape index (κ1) is 22.9. The average molecular weight is 433 g/mol. The number of benzene rings is 3. The zero-order valence-corrected chi connectivity index (χ0v) is 20.2. The quantitative estimate of drug-likeness (QED) is 0.432. The number of carbonyl (C=O) groups excluding carboxylic acids is 2. The van der Waals surface area contributed by atoms with Crippen LogP contribution in [0.1, 0.15) is 59.7 Å². The highest BCUT2D eigenvalue weighted by molar-refractivity contribution is 8.01. The molecule has 0 aliphatic carbocycles. The molecule has 0 bridgehead atoms. The lowest BCUT2D eigenvalue weighted by Gasteiger charge is -2.20. The Labute approximate surface area is 184 Å². The summed E-state index contributed by atoms with van der Waals surface area (Å²) in [4.78, 5) is 27.7. The largest absolute Gasteiger partial charge is 0.302 e. The van der Waals surface area contributed by atoms with E-state index in [-0.39, 0.29) is 5.30 Å². The third-order valence-corrected chi connectivity index (χ3v) is 9.20. The molecule has 0 amide bonds. The summed E-state index contributed by atoms with van der Waals surface area (Å²) in [5.74, 6) is 0. The van der Waals surface area contributed by atoms with Crippen molar-refractivity contribution in [2.75, 3.05) is 0 Å². The standard InChI is InChI=1S/C27H29O3P/c1-16-8-12-23(13-9-16)31(30,26(28)24-14-10-17(2)19(4)21(24)6)27(29)25-15-11-18(3)20(5)22(25)7/h8-15H,1-7H3. The average Bonchev–Trinajstić information content (AvgIpc) is 2.75. The van der Waals surface area contributed by atoms with E-state index < -0.39 is 18.2 Å². The van der Waals surface area contributed by atoms with Crippen molar-refractivity contribution in [1.29, 1.82) is 0 Å². The third-order valence-electron chi connectivity index (χ3n) is 6.55. The zero-order chi connectivity index (χ0) is 23.1. The zero-order valence-electron chi connectivity index (χ0n) is 19.3. The topological polar surface area (TPSA) is 51.2 Å².